The molecule has 7 nitrogen and oxygen atoms in total. The van der Waals surface area contributed by atoms with Gasteiger partial charge in [-0.25, -0.2) is 4.79 Å². The molecule has 1 rings (SSSR count). The van der Waals surface area contributed by atoms with Crippen LogP contribution in [0.4, 0.5) is 4.79 Å². The van der Waals surface area contributed by atoms with E-state index in [1.54, 1.807) is 0 Å². The van der Waals surface area contributed by atoms with Gasteiger partial charge in [0.2, 0.25) is 5.91 Å². The van der Waals surface area contributed by atoms with Gasteiger partial charge in [-0.2, -0.15) is 0 Å². The van der Waals surface area contributed by atoms with Gasteiger partial charge in [-0.05, 0) is 25.8 Å². The highest BCUT2D eigenvalue weighted by molar-refractivity contribution is 5.93. The van der Waals surface area contributed by atoms with Gasteiger partial charge in [0.05, 0.1) is 5.41 Å². The van der Waals surface area contributed by atoms with Crippen LogP contribution in [0, 0.1) is 5.41 Å². The summed E-state index contributed by atoms with van der Waals surface area (Å²) in [6.07, 6.45) is 3.10. The summed E-state index contributed by atoms with van der Waals surface area (Å²) in [6.45, 7) is 3.66. The molecule has 0 aromatic heterocycles. The summed E-state index contributed by atoms with van der Waals surface area (Å²) in [7, 11) is 0. The number of aliphatic carboxylic acids is 1. The Bertz CT molecular complexity index is 382. The molecule has 0 aromatic carbocycles. The molecule has 1 heterocycles. The third-order valence-electron chi connectivity index (χ3n) is 3.76. The second kappa shape index (κ2) is 7.23. The van der Waals surface area contributed by atoms with Crippen LogP contribution < -0.4 is 11.1 Å². The number of nitrogens with zero attached hydrogens (tertiary/aromatic N) is 1. The van der Waals surface area contributed by atoms with Crippen molar-refractivity contribution < 1.29 is 19.5 Å². The third-order valence-corrected chi connectivity index (χ3v) is 3.76. The molecule has 4 N–H and O–H groups in total. The second-order valence-corrected chi connectivity index (χ2v) is 5.38. The van der Waals surface area contributed by atoms with E-state index < -0.39 is 23.3 Å². The summed E-state index contributed by atoms with van der Waals surface area (Å²) in [6, 6.07) is -0.862. The van der Waals surface area contributed by atoms with Crippen LogP contribution in [0.15, 0.2) is 0 Å². The van der Waals surface area contributed by atoms with Crippen LogP contribution in [-0.2, 0) is 9.59 Å². The van der Waals surface area contributed by atoms with Crippen molar-refractivity contribution in [2.75, 3.05) is 19.6 Å². The monoisotopic (exact) mass is 285 g/mol. The van der Waals surface area contributed by atoms with Gasteiger partial charge in [0, 0.05) is 19.5 Å². The first kappa shape index (κ1) is 16.4. The molecule has 1 atom stereocenters. The summed E-state index contributed by atoms with van der Waals surface area (Å²) in [5, 5.41) is 11.5. The molecule has 7 heteroatoms. The van der Waals surface area contributed by atoms with Crippen LogP contribution in [0.5, 0.6) is 0 Å². The Labute approximate surface area is 118 Å². The average Bonchev–Trinajstić information content (AvgIpc) is 2.36. The number of nitrogens with one attached hydrogen (secondary N) is 1. The summed E-state index contributed by atoms with van der Waals surface area (Å²) in [5.74, 6) is -1.19. The SMILES string of the molecule is CCCC1(C(=O)O)CCCN(CCC(=O)NC(N)=O)C1. The first-order chi connectivity index (χ1) is 9.39. The molecule has 20 heavy (non-hydrogen) atoms. The van der Waals surface area contributed by atoms with E-state index in [1.165, 1.54) is 0 Å². The third kappa shape index (κ3) is 4.48. The number of carboxylic acid groups (broad SMARTS) is 1. The number of carbonyl (C=O) groups excluding carboxylic acids is 2. The quantitative estimate of drug-likeness (QED) is 0.659. The molecule has 0 aromatic rings. The van der Waals surface area contributed by atoms with E-state index in [1.807, 2.05) is 17.1 Å². The number of hydrogen-bond acceptors (Lipinski definition) is 4. The van der Waals surface area contributed by atoms with Gasteiger partial charge < -0.3 is 15.7 Å². The van der Waals surface area contributed by atoms with E-state index in [0.29, 0.717) is 25.9 Å². The normalized spacial score (nSPS) is 23.2. The Hall–Kier alpha value is -1.63. The number of urea groups is 1. The number of carboxylic acids is 1. The second-order valence-electron chi connectivity index (χ2n) is 5.38. The Morgan fingerprint density at radius 3 is 2.65 bits per heavy atom. The average molecular weight is 285 g/mol. The first-order valence-corrected chi connectivity index (χ1v) is 6.94. The lowest BCUT2D eigenvalue weighted by atomic mass is 9.76. The van der Waals surface area contributed by atoms with Gasteiger partial charge in [-0.1, -0.05) is 13.3 Å². The van der Waals surface area contributed by atoms with Crippen molar-refractivity contribution in [1.29, 1.82) is 0 Å². The Morgan fingerprint density at radius 1 is 1.40 bits per heavy atom. The molecule has 1 aliphatic rings. The van der Waals surface area contributed by atoms with Gasteiger partial charge in [0.15, 0.2) is 0 Å². The molecule has 0 aliphatic carbocycles. The molecule has 0 spiro atoms. The first-order valence-electron chi connectivity index (χ1n) is 6.94. The van der Waals surface area contributed by atoms with Crippen molar-refractivity contribution >= 4 is 17.9 Å². The van der Waals surface area contributed by atoms with Gasteiger partial charge in [-0.15, -0.1) is 0 Å². The van der Waals surface area contributed by atoms with Crippen LogP contribution >= 0.6 is 0 Å². The van der Waals surface area contributed by atoms with Crippen molar-refractivity contribution in [3.8, 4) is 0 Å². The predicted molar refractivity (Wildman–Crippen MR) is 73.0 cm³/mol. The Kier molecular flexibility index (Phi) is 5.94. The molecular weight excluding hydrogens is 262 g/mol. The number of piperidine rings is 1. The number of imide groups is 1. The van der Waals surface area contributed by atoms with Crippen LogP contribution in [0.2, 0.25) is 0 Å². The summed E-state index contributed by atoms with van der Waals surface area (Å²) >= 11 is 0. The maximum Gasteiger partial charge on any atom is 0.318 e. The summed E-state index contributed by atoms with van der Waals surface area (Å²) in [4.78, 5) is 35.4. The number of primary amides is 1. The maximum atomic E-state index is 11.5. The Morgan fingerprint density at radius 2 is 2.10 bits per heavy atom. The molecular formula is C13H23N3O4. The Balaban J connectivity index is 2.53. The predicted octanol–water partition coefficient (Wildman–Crippen LogP) is 0.538. The van der Waals surface area contributed by atoms with Crippen molar-refractivity contribution in [1.82, 2.24) is 10.2 Å². The fraction of sp³-hybridized carbons (Fsp3) is 0.769. The number of likely N-dealkylation sites (tertiary alicyclic amines) is 1. The maximum absolute atomic E-state index is 11.5. The molecule has 0 saturated carbocycles. The lowest BCUT2D eigenvalue weighted by Gasteiger charge is -2.39. The molecule has 1 saturated heterocycles. The molecule has 0 radical (unpaired) electrons. The van der Waals surface area contributed by atoms with Crippen molar-refractivity contribution in [3.63, 3.8) is 0 Å². The standard InChI is InChI=1S/C13H23N3O4/c1-2-5-13(11(18)19)6-3-7-16(9-13)8-4-10(17)15-12(14)20/h2-9H2,1H3,(H,18,19)(H3,14,15,17,20). The van der Waals surface area contributed by atoms with E-state index in [9.17, 15) is 19.5 Å². The zero-order valence-electron chi connectivity index (χ0n) is 11.9. The van der Waals surface area contributed by atoms with Crippen molar-refractivity contribution in [2.24, 2.45) is 11.1 Å². The molecule has 1 unspecified atom stereocenters. The fourth-order valence-electron chi connectivity index (χ4n) is 2.84. The van der Waals surface area contributed by atoms with E-state index in [2.05, 4.69) is 0 Å². The van der Waals surface area contributed by atoms with Gasteiger partial charge in [-0.3, -0.25) is 14.9 Å². The largest absolute Gasteiger partial charge is 0.481 e. The number of nitrogens with two attached hydrogens (primary N) is 1. The van der Waals surface area contributed by atoms with Crippen LogP contribution in [-0.4, -0.2) is 47.5 Å². The highest BCUT2D eigenvalue weighted by atomic mass is 16.4. The summed E-state index contributed by atoms with van der Waals surface area (Å²) in [5.41, 5.74) is 4.16. The van der Waals surface area contributed by atoms with E-state index in [-0.39, 0.29) is 6.42 Å². The zero-order valence-corrected chi connectivity index (χ0v) is 11.9. The van der Waals surface area contributed by atoms with Crippen molar-refractivity contribution in [3.05, 3.63) is 0 Å². The van der Waals surface area contributed by atoms with E-state index >= 15 is 0 Å². The lowest BCUT2D eigenvalue weighted by Crippen LogP contribution is -2.48. The molecule has 0 bridgehead atoms. The molecule has 3 amide bonds. The van der Waals surface area contributed by atoms with Gasteiger partial charge in [0.25, 0.3) is 0 Å². The summed E-state index contributed by atoms with van der Waals surface area (Å²) < 4.78 is 0. The number of amides is 3. The number of carbonyl (C=O) groups is 3. The minimum atomic E-state index is -0.862. The number of hydrogen-bond donors (Lipinski definition) is 3. The van der Waals surface area contributed by atoms with Crippen molar-refractivity contribution in [2.45, 2.75) is 39.0 Å². The van der Waals surface area contributed by atoms with Crippen LogP contribution in [0.1, 0.15) is 39.0 Å². The van der Waals surface area contributed by atoms with E-state index in [0.717, 1.165) is 19.4 Å². The smallest absolute Gasteiger partial charge is 0.318 e. The lowest BCUT2D eigenvalue weighted by molar-refractivity contribution is -0.153. The molecule has 114 valence electrons. The van der Waals surface area contributed by atoms with E-state index in [4.69, 9.17) is 5.73 Å². The minimum absolute atomic E-state index is 0.144. The van der Waals surface area contributed by atoms with Gasteiger partial charge in [0.1, 0.15) is 0 Å². The number of rotatable bonds is 6. The minimum Gasteiger partial charge on any atom is -0.481 e. The molecule has 1 aliphatic heterocycles. The highest BCUT2D eigenvalue weighted by Gasteiger charge is 2.41. The van der Waals surface area contributed by atoms with Gasteiger partial charge >= 0.3 is 12.0 Å². The molecule has 1 fully saturated rings. The fourth-order valence-corrected chi connectivity index (χ4v) is 2.84. The van der Waals surface area contributed by atoms with Crippen LogP contribution in [0.3, 0.4) is 0 Å². The zero-order chi connectivity index (χ0) is 15.2. The highest BCUT2D eigenvalue weighted by Crippen LogP contribution is 2.35. The van der Waals surface area contributed by atoms with Crippen LogP contribution in [0.25, 0.3) is 0 Å². The topological polar surface area (TPSA) is 113 Å².